The summed E-state index contributed by atoms with van der Waals surface area (Å²) in [6, 6.07) is 19.6. The monoisotopic (exact) mass is 481 g/mol. The second-order valence-electron chi connectivity index (χ2n) is 7.02. The Balaban J connectivity index is 1.26. The van der Waals surface area contributed by atoms with Crippen LogP contribution in [0.5, 0.6) is 11.5 Å². The van der Waals surface area contributed by atoms with E-state index in [9.17, 15) is 4.79 Å². The Hall–Kier alpha value is -3.37. The van der Waals surface area contributed by atoms with Gasteiger partial charge in [0.15, 0.2) is 11.5 Å². The minimum absolute atomic E-state index is 0.103. The quantitative estimate of drug-likeness (QED) is 0.326. The number of benzene rings is 2. The molecule has 0 saturated carbocycles. The Morgan fingerprint density at radius 2 is 1.97 bits per heavy atom. The Bertz CT molecular complexity index is 1170. The molecule has 2 heterocycles. The predicted molar refractivity (Wildman–Crippen MR) is 128 cm³/mol. The molecule has 0 unspecified atom stereocenters. The van der Waals surface area contributed by atoms with Crippen LogP contribution in [0.15, 0.2) is 71.2 Å². The van der Waals surface area contributed by atoms with Crippen molar-refractivity contribution in [3.63, 3.8) is 0 Å². The summed E-state index contributed by atoms with van der Waals surface area (Å²) in [4.78, 5) is 13.5. The number of aromatic nitrogens is 4. The SMILES string of the molecule is COc1cc(CNC(=O)CSc2nnnn2Cc2cccs2)ccc1OCc1ccccc1. The Morgan fingerprint density at radius 1 is 1.09 bits per heavy atom. The zero-order chi connectivity index (χ0) is 22.9. The molecule has 0 atom stereocenters. The number of methoxy groups -OCH3 is 1. The third-order valence-electron chi connectivity index (χ3n) is 4.67. The number of ether oxygens (including phenoxy) is 2. The first kappa shape index (κ1) is 22.8. The molecule has 2 aromatic carbocycles. The lowest BCUT2D eigenvalue weighted by molar-refractivity contribution is -0.118. The molecular formula is C23H23N5O3S2. The number of amides is 1. The molecule has 0 fully saturated rings. The number of thioether (sulfide) groups is 1. The van der Waals surface area contributed by atoms with Crippen molar-refractivity contribution in [1.29, 1.82) is 0 Å². The highest BCUT2D eigenvalue weighted by Gasteiger charge is 2.12. The Morgan fingerprint density at radius 3 is 2.76 bits per heavy atom. The average molecular weight is 482 g/mol. The lowest BCUT2D eigenvalue weighted by atomic mass is 10.2. The molecule has 1 amide bonds. The van der Waals surface area contributed by atoms with Gasteiger partial charge in [0.1, 0.15) is 6.61 Å². The number of hydrogen-bond acceptors (Lipinski definition) is 8. The molecular weight excluding hydrogens is 458 g/mol. The average Bonchev–Trinajstić information content (AvgIpc) is 3.53. The second kappa shape index (κ2) is 11.5. The lowest BCUT2D eigenvalue weighted by Crippen LogP contribution is -2.24. The molecule has 0 saturated heterocycles. The van der Waals surface area contributed by atoms with Crippen molar-refractivity contribution in [2.24, 2.45) is 0 Å². The number of carbonyl (C=O) groups is 1. The number of carbonyl (C=O) groups excluding carboxylic acids is 1. The van der Waals surface area contributed by atoms with E-state index in [0.717, 1.165) is 16.0 Å². The number of thiophene rings is 1. The molecule has 10 heteroatoms. The molecule has 8 nitrogen and oxygen atoms in total. The van der Waals surface area contributed by atoms with Crippen LogP contribution in [0, 0.1) is 0 Å². The van der Waals surface area contributed by atoms with Crippen LogP contribution in [0.4, 0.5) is 0 Å². The van der Waals surface area contributed by atoms with E-state index in [0.29, 0.717) is 36.4 Å². The van der Waals surface area contributed by atoms with Crippen LogP contribution < -0.4 is 14.8 Å². The molecule has 0 aliphatic carbocycles. The van der Waals surface area contributed by atoms with Crippen LogP contribution >= 0.6 is 23.1 Å². The van der Waals surface area contributed by atoms with Gasteiger partial charge in [0.2, 0.25) is 11.1 Å². The first-order valence-electron chi connectivity index (χ1n) is 10.2. The van der Waals surface area contributed by atoms with Crippen molar-refractivity contribution >= 4 is 29.0 Å². The van der Waals surface area contributed by atoms with Gasteiger partial charge in [0.05, 0.1) is 19.4 Å². The van der Waals surface area contributed by atoms with Crippen LogP contribution in [-0.4, -0.2) is 39.0 Å². The van der Waals surface area contributed by atoms with Crippen LogP contribution in [0.25, 0.3) is 0 Å². The van der Waals surface area contributed by atoms with Gasteiger partial charge in [-0.1, -0.05) is 54.2 Å². The summed E-state index contributed by atoms with van der Waals surface area (Å²) in [5, 5.41) is 17.3. The maximum atomic E-state index is 12.4. The highest BCUT2D eigenvalue weighted by Crippen LogP contribution is 2.29. The lowest BCUT2D eigenvalue weighted by Gasteiger charge is -2.13. The number of rotatable bonds is 11. The van der Waals surface area contributed by atoms with E-state index in [4.69, 9.17) is 9.47 Å². The fourth-order valence-corrected chi connectivity index (χ4v) is 4.40. The normalized spacial score (nSPS) is 10.7. The maximum absolute atomic E-state index is 12.4. The van der Waals surface area contributed by atoms with Crippen molar-refractivity contribution in [3.05, 3.63) is 82.0 Å². The van der Waals surface area contributed by atoms with Gasteiger partial charge in [0, 0.05) is 11.4 Å². The zero-order valence-corrected chi connectivity index (χ0v) is 19.6. The highest BCUT2D eigenvalue weighted by molar-refractivity contribution is 7.99. The summed E-state index contributed by atoms with van der Waals surface area (Å²) in [7, 11) is 1.60. The molecule has 1 N–H and O–H groups in total. The summed E-state index contributed by atoms with van der Waals surface area (Å²) in [5.41, 5.74) is 2.00. The van der Waals surface area contributed by atoms with Crippen molar-refractivity contribution in [1.82, 2.24) is 25.5 Å². The van der Waals surface area contributed by atoms with E-state index >= 15 is 0 Å². The molecule has 4 rings (SSSR count). The minimum Gasteiger partial charge on any atom is -0.493 e. The van der Waals surface area contributed by atoms with Gasteiger partial charge in [0.25, 0.3) is 0 Å². The Labute approximate surface area is 199 Å². The van der Waals surface area contributed by atoms with Gasteiger partial charge in [-0.3, -0.25) is 4.79 Å². The van der Waals surface area contributed by atoms with E-state index < -0.39 is 0 Å². The van der Waals surface area contributed by atoms with Gasteiger partial charge in [-0.25, -0.2) is 4.68 Å². The largest absolute Gasteiger partial charge is 0.493 e. The van der Waals surface area contributed by atoms with Gasteiger partial charge in [-0.2, -0.15) is 0 Å². The molecule has 2 aromatic heterocycles. The number of nitrogens with zero attached hydrogens (tertiary/aromatic N) is 4. The first-order chi connectivity index (χ1) is 16.2. The predicted octanol–water partition coefficient (Wildman–Crippen LogP) is 3.78. The minimum atomic E-state index is -0.103. The van der Waals surface area contributed by atoms with Crippen LogP contribution in [-0.2, 0) is 24.5 Å². The summed E-state index contributed by atoms with van der Waals surface area (Å²) >= 11 is 2.95. The topological polar surface area (TPSA) is 91.2 Å². The molecule has 170 valence electrons. The van der Waals surface area contributed by atoms with Crippen molar-refractivity contribution in [3.8, 4) is 11.5 Å². The molecule has 0 aliphatic heterocycles. The molecule has 0 spiro atoms. The maximum Gasteiger partial charge on any atom is 0.230 e. The zero-order valence-electron chi connectivity index (χ0n) is 18.0. The summed E-state index contributed by atoms with van der Waals surface area (Å²) < 4.78 is 13.1. The molecule has 0 aliphatic rings. The smallest absolute Gasteiger partial charge is 0.230 e. The van der Waals surface area contributed by atoms with E-state index in [1.165, 1.54) is 11.8 Å². The number of hydrogen-bond donors (Lipinski definition) is 1. The van der Waals surface area contributed by atoms with Crippen molar-refractivity contribution in [2.45, 2.75) is 24.9 Å². The summed E-state index contributed by atoms with van der Waals surface area (Å²) in [6.07, 6.45) is 0. The fourth-order valence-electron chi connectivity index (χ4n) is 3.01. The molecule has 33 heavy (non-hydrogen) atoms. The van der Waals surface area contributed by atoms with E-state index in [1.54, 1.807) is 23.1 Å². The van der Waals surface area contributed by atoms with E-state index in [1.807, 2.05) is 66.0 Å². The number of nitrogens with one attached hydrogen (secondary N) is 1. The van der Waals surface area contributed by atoms with Gasteiger partial charge < -0.3 is 14.8 Å². The van der Waals surface area contributed by atoms with Gasteiger partial charge in [-0.15, -0.1) is 16.4 Å². The second-order valence-corrected chi connectivity index (χ2v) is 9.00. The van der Waals surface area contributed by atoms with Crippen LogP contribution in [0.2, 0.25) is 0 Å². The van der Waals surface area contributed by atoms with Gasteiger partial charge in [-0.05, 0) is 45.1 Å². The number of tetrazole rings is 1. The van der Waals surface area contributed by atoms with E-state index in [2.05, 4.69) is 20.8 Å². The van der Waals surface area contributed by atoms with Crippen molar-refractivity contribution < 1.29 is 14.3 Å². The summed E-state index contributed by atoms with van der Waals surface area (Å²) in [5.74, 6) is 1.40. The summed E-state index contributed by atoms with van der Waals surface area (Å²) in [6.45, 7) is 1.43. The standard InChI is InChI=1S/C23H23N5O3S2/c1-30-21-12-18(9-10-20(21)31-15-17-6-3-2-4-7-17)13-24-22(29)16-33-23-25-26-27-28(23)14-19-8-5-11-32-19/h2-12H,13-16H2,1H3,(H,24,29). The van der Waals surface area contributed by atoms with E-state index in [-0.39, 0.29) is 11.7 Å². The third kappa shape index (κ3) is 6.56. The Kier molecular flexibility index (Phi) is 7.94. The highest BCUT2D eigenvalue weighted by atomic mass is 32.2. The van der Waals surface area contributed by atoms with Crippen LogP contribution in [0.3, 0.4) is 0 Å². The molecule has 0 bridgehead atoms. The van der Waals surface area contributed by atoms with Crippen molar-refractivity contribution in [2.75, 3.05) is 12.9 Å². The van der Waals surface area contributed by atoms with Crippen LogP contribution in [0.1, 0.15) is 16.0 Å². The fraction of sp³-hybridized carbons (Fsp3) is 0.217. The molecule has 0 radical (unpaired) electrons. The molecule has 4 aromatic rings. The third-order valence-corrected chi connectivity index (χ3v) is 6.49. The first-order valence-corrected chi connectivity index (χ1v) is 12.1. The van der Waals surface area contributed by atoms with Gasteiger partial charge >= 0.3 is 0 Å².